The van der Waals surface area contributed by atoms with Crippen LogP contribution in [0, 0.1) is 0 Å². The molecule has 1 rings (SSSR count). The molecule has 2 amide bonds. The third kappa shape index (κ3) is 11.0. The Morgan fingerprint density at radius 3 is 1.90 bits per heavy atom. The van der Waals surface area contributed by atoms with Crippen LogP contribution in [-0.4, -0.2) is 52.3 Å². The van der Waals surface area contributed by atoms with Gasteiger partial charge in [-0.05, 0) is 47.1 Å². The van der Waals surface area contributed by atoms with Gasteiger partial charge in [-0.2, -0.15) is 0 Å². The molecule has 0 spiro atoms. The number of hydrogen-bond donors (Lipinski definition) is 3. The van der Waals surface area contributed by atoms with Crippen LogP contribution < -0.4 is 10.6 Å². The molecule has 9 heteroatoms. The number of rotatable bonds is 8. The lowest BCUT2D eigenvalue weighted by molar-refractivity contribution is -0.161. The Morgan fingerprint density at radius 2 is 1.42 bits per heavy atom. The molecule has 0 bridgehead atoms. The molecule has 1 unspecified atom stereocenters. The third-order valence-electron chi connectivity index (χ3n) is 3.68. The fourth-order valence-electron chi connectivity index (χ4n) is 2.52. The molecule has 0 saturated carbocycles. The summed E-state index contributed by atoms with van der Waals surface area (Å²) in [5.41, 5.74) is -0.887. The van der Waals surface area contributed by atoms with Gasteiger partial charge >= 0.3 is 18.0 Å². The number of carboxylic acids is 1. The highest BCUT2D eigenvalue weighted by Gasteiger charge is 2.32. The van der Waals surface area contributed by atoms with Crippen molar-refractivity contribution in [2.75, 3.05) is 0 Å². The number of nitrogens with one attached hydrogen (secondary N) is 2. The zero-order valence-corrected chi connectivity index (χ0v) is 18.9. The van der Waals surface area contributed by atoms with E-state index in [-0.39, 0.29) is 6.42 Å². The minimum atomic E-state index is -1.41. The molecule has 0 heterocycles. The van der Waals surface area contributed by atoms with Crippen LogP contribution in [0.1, 0.15) is 53.5 Å². The molecular formula is C22H32N2O7. The van der Waals surface area contributed by atoms with Crippen molar-refractivity contribution >= 4 is 23.9 Å². The number of carbonyl (C=O) groups is 4. The lowest BCUT2D eigenvalue weighted by Crippen LogP contribution is -2.54. The molecule has 9 nitrogen and oxygen atoms in total. The molecule has 0 aliphatic heterocycles. The fourth-order valence-corrected chi connectivity index (χ4v) is 2.52. The Labute approximate surface area is 182 Å². The number of amides is 2. The molecular weight excluding hydrogens is 404 g/mol. The SMILES string of the molecule is CC(C)(C)OC(=O)N[C@H](Cc1ccccc1)C(=O)NC(CC(=O)O)C(=O)OC(C)(C)C. The van der Waals surface area contributed by atoms with Gasteiger partial charge < -0.3 is 25.2 Å². The molecule has 0 radical (unpaired) electrons. The number of ether oxygens (including phenoxy) is 2. The van der Waals surface area contributed by atoms with Crippen LogP contribution in [0.25, 0.3) is 0 Å². The van der Waals surface area contributed by atoms with Crippen molar-refractivity contribution in [1.29, 1.82) is 0 Å². The van der Waals surface area contributed by atoms with Gasteiger partial charge in [0.1, 0.15) is 23.3 Å². The topological polar surface area (TPSA) is 131 Å². The van der Waals surface area contributed by atoms with E-state index in [0.717, 1.165) is 5.56 Å². The maximum absolute atomic E-state index is 12.9. The highest BCUT2D eigenvalue weighted by molar-refractivity contribution is 5.91. The molecule has 31 heavy (non-hydrogen) atoms. The van der Waals surface area contributed by atoms with Crippen LogP contribution >= 0.6 is 0 Å². The van der Waals surface area contributed by atoms with Gasteiger partial charge in [0.15, 0.2) is 0 Å². The Morgan fingerprint density at radius 1 is 0.871 bits per heavy atom. The normalized spacial score (nSPS) is 13.5. The maximum Gasteiger partial charge on any atom is 0.408 e. The number of esters is 1. The summed E-state index contributed by atoms with van der Waals surface area (Å²) in [7, 11) is 0. The van der Waals surface area contributed by atoms with Gasteiger partial charge in [-0.25, -0.2) is 9.59 Å². The summed E-state index contributed by atoms with van der Waals surface area (Å²) in [6.07, 6.45) is -1.36. The van der Waals surface area contributed by atoms with E-state index in [4.69, 9.17) is 14.6 Å². The van der Waals surface area contributed by atoms with Gasteiger partial charge in [-0.1, -0.05) is 30.3 Å². The van der Waals surface area contributed by atoms with E-state index in [0.29, 0.717) is 0 Å². The number of hydrogen-bond acceptors (Lipinski definition) is 6. The number of alkyl carbamates (subject to hydrolysis) is 1. The number of carboxylic acid groups (broad SMARTS) is 1. The number of benzene rings is 1. The van der Waals surface area contributed by atoms with E-state index in [2.05, 4.69) is 10.6 Å². The zero-order valence-electron chi connectivity index (χ0n) is 18.9. The average molecular weight is 437 g/mol. The van der Waals surface area contributed by atoms with E-state index >= 15 is 0 Å². The zero-order chi connectivity index (χ0) is 23.8. The summed E-state index contributed by atoms with van der Waals surface area (Å²) in [6.45, 7) is 9.95. The fraction of sp³-hybridized carbons (Fsp3) is 0.545. The molecule has 0 fully saturated rings. The second-order valence-corrected chi connectivity index (χ2v) is 9.08. The van der Waals surface area contributed by atoms with Crippen molar-refractivity contribution in [2.45, 2.75) is 77.7 Å². The average Bonchev–Trinajstić information content (AvgIpc) is 2.58. The van der Waals surface area contributed by atoms with Crippen LogP contribution in [0.15, 0.2) is 30.3 Å². The summed E-state index contributed by atoms with van der Waals surface area (Å²) >= 11 is 0. The molecule has 1 aromatic rings. The lowest BCUT2D eigenvalue weighted by Gasteiger charge is -2.26. The molecule has 0 aliphatic carbocycles. The van der Waals surface area contributed by atoms with Crippen LogP contribution in [-0.2, 0) is 30.3 Å². The smallest absolute Gasteiger partial charge is 0.408 e. The molecule has 1 aromatic carbocycles. The van der Waals surface area contributed by atoms with Crippen molar-refractivity contribution in [2.24, 2.45) is 0 Å². The summed E-state index contributed by atoms with van der Waals surface area (Å²) in [5.74, 6) is -2.89. The predicted molar refractivity (Wildman–Crippen MR) is 113 cm³/mol. The standard InChI is InChI=1S/C22H32N2O7/c1-21(2,3)30-19(28)16(13-17(25)26)23-18(27)15(12-14-10-8-7-9-11-14)24-20(29)31-22(4,5)6/h7-11,15-16H,12-13H2,1-6H3,(H,23,27)(H,24,29)(H,25,26)/t15-,16?/m1/s1. The quantitative estimate of drug-likeness (QED) is 0.533. The Hall–Kier alpha value is -3.10. The van der Waals surface area contributed by atoms with Crippen molar-refractivity contribution in [3.05, 3.63) is 35.9 Å². The Balaban J connectivity index is 3.04. The molecule has 2 atom stereocenters. The molecule has 3 N–H and O–H groups in total. The van der Waals surface area contributed by atoms with Crippen molar-refractivity contribution in [3.63, 3.8) is 0 Å². The van der Waals surface area contributed by atoms with E-state index in [1.807, 2.05) is 6.07 Å². The number of carbonyl (C=O) groups excluding carboxylic acids is 3. The van der Waals surface area contributed by atoms with Crippen molar-refractivity contribution < 1.29 is 33.8 Å². The van der Waals surface area contributed by atoms with Crippen LogP contribution in [0.3, 0.4) is 0 Å². The minimum Gasteiger partial charge on any atom is -0.481 e. The second-order valence-electron chi connectivity index (χ2n) is 9.08. The van der Waals surface area contributed by atoms with E-state index < -0.39 is 53.6 Å². The highest BCUT2D eigenvalue weighted by atomic mass is 16.6. The summed E-state index contributed by atoms with van der Waals surface area (Å²) in [5, 5.41) is 14.0. The van der Waals surface area contributed by atoms with Crippen molar-refractivity contribution in [3.8, 4) is 0 Å². The first-order valence-electron chi connectivity index (χ1n) is 9.95. The van der Waals surface area contributed by atoms with Gasteiger partial charge in [-0.3, -0.25) is 9.59 Å². The molecule has 172 valence electrons. The monoisotopic (exact) mass is 436 g/mol. The van der Waals surface area contributed by atoms with Gasteiger partial charge in [0.25, 0.3) is 0 Å². The van der Waals surface area contributed by atoms with Crippen LogP contribution in [0.2, 0.25) is 0 Å². The van der Waals surface area contributed by atoms with Crippen LogP contribution in [0.4, 0.5) is 4.79 Å². The van der Waals surface area contributed by atoms with Gasteiger partial charge in [-0.15, -0.1) is 0 Å². The van der Waals surface area contributed by atoms with E-state index in [1.165, 1.54) is 0 Å². The summed E-state index contributed by atoms with van der Waals surface area (Å²) in [6, 6.07) is 6.42. The van der Waals surface area contributed by atoms with Crippen molar-refractivity contribution in [1.82, 2.24) is 10.6 Å². The molecule has 0 aliphatic rings. The van der Waals surface area contributed by atoms with Crippen LogP contribution in [0.5, 0.6) is 0 Å². The predicted octanol–water partition coefficient (Wildman–Crippen LogP) is 2.42. The summed E-state index contributed by atoms with van der Waals surface area (Å²) in [4.78, 5) is 48.8. The first-order valence-corrected chi connectivity index (χ1v) is 9.95. The molecule has 0 aromatic heterocycles. The highest BCUT2D eigenvalue weighted by Crippen LogP contribution is 2.12. The maximum atomic E-state index is 12.9. The van der Waals surface area contributed by atoms with Gasteiger partial charge in [0.2, 0.25) is 5.91 Å². The largest absolute Gasteiger partial charge is 0.481 e. The van der Waals surface area contributed by atoms with E-state index in [9.17, 15) is 19.2 Å². The Kier molecular flexibility index (Phi) is 9.02. The first kappa shape index (κ1) is 25.9. The number of aliphatic carboxylic acids is 1. The van der Waals surface area contributed by atoms with Gasteiger partial charge in [0.05, 0.1) is 6.42 Å². The third-order valence-corrected chi connectivity index (χ3v) is 3.68. The Bertz CT molecular complexity index is 779. The molecule has 0 saturated heterocycles. The minimum absolute atomic E-state index is 0.111. The lowest BCUT2D eigenvalue weighted by atomic mass is 10.0. The van der Waals surface area contributed by atoms with Gasteiger partial charge in [0, 0.05) is 6.42 Å². The summed E-state index contributed by atoms with van der Waals surface area (Å²) < 4.78 is 10.4. The first-order chi connectivity index (χ1) is 14.2. The van der Waals surface area contributed by atoms with E-state index in [1.54, 1.807) is 65.8 Å². The second kappa shape index (κ2) is 10.8.